The molecule has 0 aliphatic heterocycles. The molecule has 0 atom stereocenters. The van der Waals surface area contributed by atoms with E-state index in [9.17, 15) is 0 Å². The average Bonchev–Trinajstić information content (AvgIpc) is 4.08. The molecule has 0 unspecified atom stereocenters. The number of hydrogen-bond donors (Lipinski definition) is 0. The van der Waals surface area contributed by atoms with Gasteiger partial charge in [-0.1, -0.05) is 170 Å². The van der Waals surface area contributed by atoms with Crippen LogP contribution in [0.1, 0.15) is 0 Å². The summed E-state index contributed by atoms with van der Waals surface area (Å²) in [5.41, 5.74) is 11.0. The highest BCUT2D eigenvalue weighted by atomic mass is 16.3. The van der Waals surface area contributed by atoms with Crippen molar-refractivity contribution in [1.82, 2.24) is 24.1 Å². The maximum absolute atomic E-state index is 7.01. The standard InChI is InChI=1S/C63H37N5O/c1-3-17-39(18-4-1)61-64-62(66-63(65-61)51-28-15-27-48-45-24-13-14-29-54(45)67(59(48)51)43-21-5-2-6-22-43)42-31-32-47-53-37-56(46-25-11-12-26-50(46)60(53)69-57(47)36-42)68-55-35-41-20-8-7-19-40(41)34-52(55)49-33-30-38-16-9-10-23-44(38)58(49)68/h1-37H. The molecule has 6 nitrogen and oxygen atoms in total. The van der Waals surface area contributed by atoms with Crippen LogP contribution in [0, 0.1) is 0 Å². The molecule has 4 heterocycles. The van der Waals surface area contributed by atoms with Crippen molar-refractivity contribution in [1.29, 1.82) is 0 Å². The van der Waals surface area contributed by atoms with E-state index in [0.29, 0.717) is 17.5 Å². The molecule has 0 saturated carbocycles. The molecule has 0 bridgehead atoms. The molecule has 0 aliphatic rings. The van der Waals surface area contributed by atoms with E-state index in [2.05, 4.69) is 215 Å². The third kappa shape index (κ3) is 5.63. The summed E-state index contributed by atoms with van der Waals surface area (Å²) in [6.45, 7) is 0. The van der Waals surface area contributed by atoms with Crippen LogP contribution in [0.25, 0.3) is 143 Å². The van der Waals surface area contributed by atoms with Gasteiger partial charge in [-0.05, 0) is 70.8 Å². The molecule has 4 aromatic heterocycles. The first-order valence-corrected chi connectivity index (χ1v) is 23.3. The van der Waals surface area contributed by atoms with Gasteiger partial charge < -0.3 is 13.6 Å². The number of hydrogen-bond acceptors (Lipinski definition) is 4. The van der Waals surface area contributed by atoms with E-state index in [1.165, 1.54) is 48.7 Å². The minimum absolute atomic E-state index is 0.565. The number of para-hydroxylation sites is 3. The summed E-state index contributed by atoms with van der Waals surface area (Å²) in [5, 5.41) is 13.8. The fourth-order valence-electron chi connectivity index (χ4n) is 11.0. The van der Waals surface area contributed by atoms with Crippen LogP contribution in [-0.4, -0.2) is 24.1 Å². The molecule has 0 N–H and O–H groups in total. The quantitative estimate of drug-likeness (QED) is 0.173. The van der Waals surface area contributed by atoms with E-state index in [0.717, 1.165) is 77.2 Å². The molecule has 0 aliphatic carbocycles. The van der Waals surface area contributed by atoms with Crippen LogP contribution in [0.4, 0.5) is 0 Å². The lowest BCUT2D eigenvalue weighted by molar-refractivity contribution is 0.672. The van der Waals surface area contributed by atoms with E-state index in [4.69, 9.17) is 19.4 Å². The van der Waals surface area contributed by atoms with Crippen molar-refractivity contribution in [2.24, 2.45) is 0 Å². The van der Waals surface area contributed by atoms with Crippen molar-refractivity contribution in [3.05, 3.63) is 224 Å². The molecule has 320 valence electrons. The van der Waals surface area contributed by atoms with Gasteiger partial charge >= 0.3 is 0 Å². The molecular weight excluding hydrogens is 843 g/mol. The first-order chi connectivity index (χ1) is 34.2. The van der Waals surface area contributed by atoms with Gasteiger partial charge in [0.1, 0.15) is 11.2 Å². The Bertz CT molecular complexity index is 4600. The molecule has 0 radical (unpaired) electrons. The smallest absolute Gasteiger partial charge is 0.166 e. The number of benzene rings is 11. The fourth-order valence-corrected chi connectivity index (χ4v) is 11.0. The predicted molar refractivity (Wildman–Crippen MR) is 285 cm³/mol. The van der Waals surface area contributed by atoms with Crippen LogP contribution in [0.2, 0.25) is 0 Å². The van der Waals surface area contributed by atoms with E-state index >= 15 is 0 Å². The van der Waals surface area contributed by atoms with Crippen molar-refractivity contribution in [2.45, 2.75) is 0 Å². The van der Waals surface area contributed by atoms with Crippen molar-refractivity contribution in [3.8, 4) is 45.5 Å². The first kappa shape index (κ1) is 37.8. The molecule has 6 heteroatoms. The zero-order valence-electron chi connectivity index (χ0n) is 37.0. The minimum Gasteiger partial charge on any atom is -0.455 e. The number of furan rings is 1. The summed E-state index contributed by atoms with van der Waals surface area (Å²) in [7, 11) is 0. The maximum atomic E-state index is 7.01. The van der Waals surface area contributed by atoms with Gasteiger partial charge in [0.2, 0.25) is 0 Å². The Kier molecular flexibility index (Phi) is 7.97. The third-order valence-corrected chi connectivity index (χ3v) is 14.1. The maximum Gasteiger partial charge on any atom is 0.166 e. The SMILES string of the molecule is c1ccc(-c2nc(-c3ccc4c(c3)oc3c5ccccc5c(-n5c6cc7ccccc7cc6c6ccc7ccccc7c65)cc43)nc(-c3cccc4c5ccccc5n(-c5ccccc5)c34)n2)cc1. The number of fused-ring (bicyclic) bond motifs is 14. The van der Waals surface area contributed by atoms with Crippen molar-refractivity contribution >= 4 is 97.9 Å². The van der Waals surface area contributed by atoms with E-state index in [-0.39, 0.29) is 0 Å². The molecule has 0 saturated heterocycles. The second-order valence-corrected chi connectivity index (χ2v) is 17.9. The summed E-state index contributed by atoms with van der Waals surface area (Å²) in [4.78, 5) is 15.8. The highest BCUT2D eigenvalue weighted by molar-refractivity contribution is 6.23. The summed E-state index contributed by atoms with van der Waals surface area (Å²) in [6.07, 6.45) is 0. The average molecular weight is 880 g/mol. The highest BCUT2D eigenvalue weighted by Crippen LogP contribution is 2.44. The van der Waals surface area contributed by atoms with Gasteiger partial charge in [0, 0.05) is 70.9 Å². The molecule has 0 amide bonds. The van der Waals surface area contributed by atoms with Crippen LogP contribution < -0.4 is 0 Å². The first-order valence-electron chi connectivity index (χ1n) is 23.3. The molecule has 15 rings (SSSR count). The lowest BCUT2D eigenvalue weighted by Gasteiger charge is -2.14. The Morgan fingerprint density at radius 2 is 0.942 bits per heavy atom. The second-order valence-electron chi connectivity index (χ2n) is 17.9. The Morgan fingerprint density at radius 1 is 0.319 bits per heavy atom. The van der Waals surface area contributed by atoms with Gasteiger partial charge in [-0.15, -0.1) is 0 Å². The summed E-state index contributed by atoms with van der Waals surface area (Å²) >= 11 is 0. The minimum atomic E-state index is 0.565. The molecule has 0 spiro atoms. The topological polar surface area (TPSA) is 61.7 Å². The van der Waals surface area contributed by atoms with Gasteiger partial charge in [-0.2, -0.15) is 0 Å². The Labute approximate surface area is 394 Å². The number of rotatable bonds is 5. The van der Waals surface area contributed by atoms with Gasteiger partial charge in [0.05, 0.1) is 27.8 Å². The van der Waals surface area contributed by atoms with Crippen LogP contribution in [0.15, 0.2) is 229 Å². The number of aromatic nitrogens is 5. The van der Waals surface area contributed by atoms with Gasteiger partial charge in [0.25, 0.3) is 0 Å². The van der Waals surface area contributed by atoms with Gasteiger partial charge in [0.15, 0.2) is 17.5 Å². The number of nitrogens with zero attached hydrogens (tertiary/aromatic N) is 5. The monoisotopic (exact) mass is 879 g/mol. The summed E-state index contributed by atoms with van der Waals surface area (Å²) in [6, 6.07) is 79.7. The second kappa shape index (κ2) is 14.6. The van der Waals surface area contributed by atoms with E-state index in [1.54, 1.807) is 0 Å². The molecule has 11 aromatic carbocycles. The molecule has 0 fully saturated rings. The normalized spacial score (nSPS) is 12.1. The zero-order chi connectivity index (χ0) is 45.2. The lowest BCUT2D eigenvalue weighted by atomic mass is 10.0. The fraction of sp³-hybridized carbons (Fsp3) is 0. The predicted octanol–water partition coefficient (Wildman–Crippen LogP) is 16.4. The third-order valence-electron chi connectivity index (χ3n) is 14.1. The Hall–Kier alpha value is -9.39. The van der Waals surface area contributed by atoms with Gasteiger partial charge in [-0.25, -0.2) is 15.0 Å². The van der Waals surface area contributed by atoms with Crippen molar-refractivity contribution in [3.63, 3.8) is 0 Å². The van der Waals surface area contributed by atoms with E-state index < -0.39 is 0 Å². The zero-order valence-corrected chi connectivity index (χ0v) is 37.0. The molecule has 15 aromatic rings. The lowest BCUT2D eigenvalue weighted by Crippen LogP contribution is -2.02. The largest absolute Gasteiger partial charge is 0.455 e. The van der Waals surface area contributed by atoms with Crippen LogP contribution >= 0.6 is 0 Å². The highest BCUT2D eigenvalue weighted by Gasteiger charge is 2.23. The summed E-state index contributed by atoms with van der Waals surface area (Å²) in [5.74, 6) is 1.76. The Balaban J connectivity index is 0.968. The Morgan fingerprint density at radius 3 is 1.77 bits per heavy atom. The van der Waals surface area contributed by atoms with Gasteiger partial charge in [-0.3, -0.25) is 0 Å². The van der Waals surface area contributed by atoms with Crippen molar-refractivity contribution in [2.75, 3.05) is 0 Å². The van der Waals surface area contributed by atoms with Crippen molar-refractivity contribution < 1.29 is 4.42 Å². The van der Waals surface area contributed by atoms with Crippen LogP contribution in [0.5, 0.6) is 0 Å². The van der Waals surface area contributed by atoms with Crippen LogP contribution in [0.3, 0.4) is 0 Å². The molecule has 69 heavy (non-hydrogen) atoms. The molecular formula is C63H37N5O. The van der Waals surface area contributed by atoms with Crippen LogP contribution in [-0.2, 0) is 0 Å². The summed E-state index contributed by atoms with van der Waals surface area (Å²) < 4.78 is 11.8. The van der Waals surface area contributed by atoms with E-state index in [1.807, 2.05) is 18.2 Å².